The fourth-order valence-electron chi connectivity index (χ4n) is 2.11. The van der Waals surface area contributed by atoms with Crippen LogP contribution in [0.2, 0.25) is 0 Å². The Labute approximate surface area is 138 Å². The van der Waals surface area contributed by atoms with E-state index in [4.69, 9.17) is 0 Å². The highest BCUT2D eigenvalue weighted by molar-refractivity contribution is 5.85. The molecule has 2 rings (SSSR count). The number of halogens is 3. The average molecular weight is 331 g/mol. The van der Waals surface area contributed by atoms with Gasteiger partial charge in [0.15, 0.2) is 0 Å². The van der Waals surface area contributed by atoms with Gasteiger partial charge < -0.3 is 5.32 Å². The molecule has 0 amide bonds. The zero-order chi connectivity index (χ0) is 13.7. The molecular weight excluding hydrogens is 310 g/mol. The lowest BCUT2D eigenvalue weighted by Crippen LogP contribution is -2.23. The Morgan fingerprint density at radius 3 is 2.52 bits per heavy atom. The first-order valence-electron chi connectivity index (χ1n) is 6.61. The lowest BCUT2D eigenvalue weighted by molar-refractivity contribution is 0.589. The zero-order valence-corrected chi connectivity index (χ0v) is 13.8. The van der Waals surface area contributed by atoms with Gasteiger partial charge in [-0.05, 0) is 48.7 Å². The van der Waals surface area contributed by atoms with E-state index in [2.05, 4.69) is 17.2 Å². The van der Waals surface area contributed by atoms with E-state index in [1.54, 1.807) is 13.1 Å². The minimum atomic E-state index is -0.163. The van der Waals surface area contributed by atoms with Crippen molar-refractivity contribution >= 4 is 24.8 Å². The van der Waals surface area contributed by atoms with E-state index < -0.39 is 0 Å². The molecular formula is C16H21Cl2FN2. The third-order valence-electron chi connectivity index (χ3n) is 3.13. The van der Waals surface area contributed by atoms with Gasteiger partial charge in [0, 0.05) is 12.4 Å². The quantitative estimate of drug-likeness (QED) is 0.875. The number of nitrogens with zero attached hydrogens (tertiary/aromatic N) is 1. The molecule has 0 fully saturated rings. The highest BCUT2D eigenvalue weighted by atomic mass is 35.5. The average Bonchev–Trinajstić information content (AvgIpc) is 2.44. The van der Waals surface area contributed by atoms with E-state index in [9.17, 15) is 4.39 Å². The van der Waals surface area contributed by atoms with Gasteiger partial charge in [-0.15, -0.1) is 24.8 Å². The molecule has 0 spiro atoms. The van der Waals surface area contributed by atoms with Crippen LogP contribution in [0, 0.1) is 12.7 Å². The van der Waals surface area contributed by atoms with Gasteiger partial charge in [-0.2, -0.15) is 0 Å². The summed E-state index contributed by atoms with van der Waals surface area (Å²) in [4.78, 5) is 4.17. The summed E-state index contributed by atoms with van der Waals surface area (Å²) in [7, 11) is 0. The van der Waals surface area contributed by atoms with E-state index in [0.717, 1.165) is 24.1 Å². The molecule has 0 bridgehead atoms. The predicted molar refractivity (Wildman–Crippen MR) is 90.0 cm³/mol. The number of hydrogen-bond donors (Lipinski definition) is 1. The number of aryl methyl sites for hydroxylation is 1. The van der Waals surface area contributed by atoms with Crippen LogP contribution >= 0.6 is 24.8 Å². The second kappa shape index (κ2) is 9.72. The van der Waals surface area contributed by atoms with E-state index >= 15 is 0 Å². The van der Waals surface area contributed by atoms with Gasteiger partial charge >= 0.3 is 0 Å². The van der Waals surface area contributed by atoms with Crippen LogP contribution in [-0.4, -0.2) is 11.5 Å². The van der Waals surface area contributed by atoms with Gasteiger partial charge in [-0.1, -0.05) is 25.1 Å². The second-order valence-corrected chi connectivity index (χ2v) is 4.68. The standard InChI is InChI=1S/C16H19FN2.2ClH/c1-3-8-19-16(14-5-4-9-18-11-14)13-6-7-15(17)12(2)10-13;;/h4-7,9-11,16,19H,3,8H2,1-2H3;2*1H. The lowest BCUT2D eigenvalue weighted by Gasteiger charge is -2.19. The molecule has 2 aromatic rings. The molecule has 1 heterocycles. The third-order valence-corrected chi connectivity index (χ3v) is 3.13. The largest absolute Gasteiger partial charge is 0.306 e. The highest BCUT2D eigenvalue weighted by Gasteiger charge is 2.14. The number of hydrogen-bond acceptors (Lipinski definition) is 2. The summed E-state index contributed by atoms with van der Waals surface area (Å²) in [6.45, 7) is 4.83. The normalized spacial score (nSPS) is 11.2. The smallest absolute Gasteiger partial charge is 0.126 e. The number of nitrogens with one attached hydrogen (secondary N) is 1. The molecule has 1 aromatic carbocycles. The lowest BCUT2D eigenvalue weighted by atomic mass is 9.98. The van der Waals surface area contributed by atoms with Crippen molar-refractivity contribution in [2.24, 2.45) is 0 Å². The summed E-state index contributed by atoms with van der Waals surface area (Å²) in [5.41, 5.74) is 2.84. The van der Waals surface area contributed by atoms with Crippen molar-refractivity contribution in [1.82, 2.24) is 10.3 Å². The molecule has 0 saturated carbocycles. The van der Waals surface area contributed by atoms with E-state index in [1.165, 1.54) is 6.07 Å². The van der Waals surface area contributed by atoms with Gasteiger partial charge in [0.25, 0.3) is 0 Å². The first-order valence-corrected chi connectivity index (χ1v) is 6.61. The Balaban J connectivity index is 0.00000200. The van der Waals surface area contributed by atoms with Crippen LogP contribution in [0.4, 0.5) is 4.39 Å². The Morgan fingerprint density at radius 2 is 1.95 bits per heavy atom. The van der Waals surface area contributed by atoms with Crippen LogP contribution in [0.3, 0.4) is 0 Å². The minimum Gasteiger partial charge on any atom is -0.306 e. The van der Waals surface area contributed by atoms with Crippen LogP contribution in [0.1, 0.15) is 36.1 Å². The molecule has 0 radical (unpaired) electrons. The molecule has 1 atom stereocenters. The van der Waals surface area contributed by atoms with E-state index in [-0.39, 0.29) is 36.7 Å². The molecule has 1 unspecified atom stereocenters. The van der Waals surface area contributed by atoms with Gasteiger partial charge in [0.05, 0.1) is 6.04 Å². The molecule has 0 saturated heterocycles. The van der Waals surface area contributed by atoms with Crippen molar-refractivity contribution in [3.63, 3.8) is 0 Å². The molecule has 1 N–H and O–H groups in total. The maximum Gasteiger partial charge on any atom is 0.126 e. The van der Waals surface area contributed by atoms with Crippen molar-refractivity contribution in [2.75, 3.05) is 6.54 Å². The first kappa shape index (κ1) is 19.8. The van der Waals surface area contributed by atoms with Crippen molar-refractivity contribution < 1.29 is 4.39 Å². The van der Waals surface area contributed by atoms with Gasteiger partial charge in [0.1, 0.15) is 5.82 Å². The van der Waals surface area contributed by atoms with Crippen molar-refractivity contribution in [2.45, 2.75) is 26.3 Å². The van der Waals surface area contributed by atoms with Gasteiger partial charge in [-0.25, -0.2) is 4.39 Å². The zero-order valence-electron chi connectivity index (χ0n) is 12.2. The summed E-state index contributed by atoms with van der Waals surface area (Å²) < 4.78 is 13.4. The number of rotatable bonds is 5. The maximum atomic E-state index is 13.4. The Bertz CT molecular complexity index is 535. The number of pyridine rings is 1. The monoisotopic (exact) mass is 330 g/mol. The number of benzene rings is 1. The maximum absolute atomic E-state index is 13.4. The molecule has 0 aliphatic carbocycles. The SMILES string of the molecule is CCCNC(c1cccnc1)c1ccc(F)c(C)c1.Cl.Cl. The Kier molecular flexibility index (Phi) is 9.18. The molecule has 21 heavy (non-hydrogen) atoms. The van der Waals surface area contributed by atoms with Crippen LogP contribution in [0.15, 0.2) is 42.7 Å². The van der Waals surface area contributed by atoms with Crippen LogP contribution in [-0.2, 0) is 0 Å². The Hall–Kier alpha value is -1.16. The van der Waals surface area contributed by atoms with Crippen LogP contribution in [0.5, 0.6) is 0 Å². The molecule has 5 heteroatoms. The third kappa shape index (κ3) is 5.27. The van der Waals surface area contributed by atoms with Crippen LogP contribution in [0.25, 0.3) is 0 Å². The Morgan fingerprint density at radius 1 is 1.19 bits per heavy atom. The van der Waals surface area contributed by atoms with E-state index in [1.807, 2.05) is 30.5 Å². The number of aromatic nitrogens is 1. The molecule has 1 aromatic heterocycles. The van der Waals surface area contributed by atoms with Gasteiger partial charge in [0.2, 0.25) is 0 Å². The molecule has 0 aliphatic heterocycles. The summed E-state index contributed by atoms with van der Waals surface area (Å²) in [5, 5.41) is 3.49. The predicted octanol–water partition coefficient (Wildman–Crippen LogP) is 4.46. The summed E-state index contributed by atoms with van der Waals surface area (Å²) in [5.74, 6) is -0.163. The molecule has 116 valence electrons. The highest BCUT2D eigenvalue weighted by Crippen LogP contribution is 2.23. The summed E-state index contributed by atoms with van der Waals surface area (Å²) in [6, 6.07) is 9.29. The fourth-order valence-corrected chi connectivity index (χ4v) is 2.11. The summed E-state index contributed by atoms with van der Waals surface area (Å²) in [6.07, 6.45) is 4.67. The molecule has 2 nitrogen and oxygen atoms in total. The second-order valence-electron chi connectivity index (χ2n) is 4.68. The fraction of sp³-hybridized carbons (Fsp3) is 0.312. The van der Waals surface area contributed by atoms with Crippen molar-refractivity contribution in [1.29, 1.82) is 0 Å². The topological polar surface area (TPSA) is 24.9 Å². The first-order chi connectivity index (χ1) is 9.22. The van der Waals surface area contributed by atoms with Gasteiger partial charge in [-0.3, -0.25) is 4.98 Å². The van der Waals surface area contributed by atoms with Crippen molar-refractivity contribution in [3.8, 4) is 0 Å². The summed E-state index contributed by atoms with van der Waals surface area (Å²) >= 11 is 0. The minimum absolute atomic E-state index is 0. The molecule has 0 aliphatic rings. The van der Waals surface area contributed by atoms with E-state index in [0.29, 0.717) is 5.56 Å². The van der Waals surface area contributed by atoms with Crippen LogP contribution < -0.4 is 5.32 Å². The van der Waals surface area contributed by atoms with Crippen molar-refractivity contribution in [3.05, 3.63) is 65.2 Å².